The van der Waals surface area contributed by atoms with E-state index in [4.69, 9.17) is 5.10 Å². The van der Waals surface area contributed by atoms with Crippen LogP contribution in [0.1, 0.15) is 52.6 Å². The number of benzene rings is 1. The molecule has 4 rings (SSSR count). The van der Waals surface area contributed by atoms with Crippen molar-refractivity contribution in [2.45, 2.75) is 57.9 Å². The second kappa shape index (κ2) is 9.85. The van der Waals surface area contributed by atoms with Crippen molar-refractivity contribution in [3.05, 3.63) is 52.3 Å². The van der Waals surface area contributed by atoms with Crippen LogP contribution in [0.15, 0.2) is 24.3 Å². The number of likely N-dealkylation sites (N-methyl/N-ethyl adjacent to an activating group) is 1. The summed E-state index contributed by atoms with van der Waals surface area (Å²) in [6.45, 7) is 6.33. The smallest absolute Gasteiger partial charge is 0.335 e. The molecule has 9 heteroatoms. The predicted molar refractivity (Wildman–Crippen MR) is 120 cm³/mol. The fraction of sp³-hybridized carbons (Fsp3) is 0.583. The molecular formula is C24H32F3N5O. The second-order valence-electron chi connectivity index (χ2n) is 9.11. The minimum Gasteiger partial charge on any atom is -0.335 e. The summed E-state index contributed by atoms with van der Waals surface area (Å²) >= 11 is 0. The molecule has 1 aliphatic heterocycles. The highest BCUT2D eigenvalue weighted by Crippen LogP contribution is 2.30. The molecule has 1 aromatic heterocycles. The Morgan fingerprint density at radius 2 is 1.97 bits per heavy atom. The molecule has 0 saturated carbocycles. The first-order chi connectivity index (χ1) is 15.8. The average Bonchev–Trinajstić information content (AvgIpc) is 3.15. The second-order valence-corrected chi connectivity index (χ2v) is 9.11. The quantitative estimate of drug-likeness (QED) is 0.714. The predicted octanol–water partition coefficient (Wildman–Crippen LogP) is 3.35. The number of nitrogens with one attached hydrogen (secondary N) is 1. The molecular weight excluding hydrogens is 431 g/mol. The topological polar surface area (TPSA) is 53.4 Å². The number of rotatable bonds is 6. The maximum Gasteiger partial charge on any atom is 0.416 e. The van der Waals surface area contributed by atoms with Crippen molar-refractivity contribution in [2.75, 3.05) is 33.2 Å². The highest BCUT2D eigenvalue weighted by atomic mass is 19.4. The van der Waals surface area contributed by atoms with Gasteiger partial charge in [0.15, 0.2) is 5.69 Å². The van der Waals surface area contributed by atoms with Gasteiger partial charge in [0, 0.05) is 56.6 Å². The number of amides is 1. The normalized spacial score (nSPS) is 19.5. The molecule has 1 fully saturated rings. The van der Waals surface area contributed by atoms with Crippen LogP contribution in [-0.4, -0.2) is 64.8 Å². The van der Waals surface area contributed by atoms with Gasteiger partial charge in [-0.1, -0.05) is 25.1 Å². The van der Waals surface area contributed by atoms with E-state index >= 15 is 0 Å². The van der Waals surface area contributed by atoms with E-state index in [1.165, 1.54) is 12.1 Å². The minimum atomic E-state index is -4.35. The van der Waals surface area contributed by atoms with Gasteiger partial charge in [0.25, 0.3) is 5.91 Å². The van der Waals surface area contributed by atoms with Crippen LogP contribution >= 0.6 is 0 Å². The third-order valence-electron chi connectivity index (χ3n) is 6.62. The largest absolute Gasteiger partial charge is 0.416 e. The summed E-state index contributed by atoms with van der Waals surface area (Å²) in [6.07, 6.45) is -1.08. The number of nitrogens with zero attached hydrogens (tertiary/aromatic N) is 4. The molecule has 2 aliphatic rings. The van der Waals surface area contributed by atoms with E-state index in [-0.39, 0.29) is 11.9 Å². The van der Waals surface area contributed by atoms with Gasteiger partial charge >= 0.3 is 6.18 Å². The van der Waals surface area contributed by atoms with Gasteiger partial charge in [-0.3, -0.25) is 9.48 Å². The Labute approximate surface area is 192 Å². The van der Waals surface area contributed by atoms with E-state index in [0.717, 1.165) is 56.2 Å². The van der Waals surface area contributed by atoms with Gasteiger partial charge in [0.1, 0.15) is 0 Å². The molecule has 0 spiro atoms. The lowest BCUT2D eigenvalue weighted by molar-refractivity contribution is -0.137. The van der Waals surface area contributed by atoms with Gasteiger partial charge in [0.2, 0.25) is 0 Å². The van der Waals surface area contributed by atoms with Crippen LogP contribution in [-0.2, 0) is 32.1 Å². The van der Waals surface area contributed by atoms with E-state index in [9.17, 15) is 18.0 Å². The Bertz CT molecular complexity index is 979. The van der Waals surface area contributed by atoms with Gasteiger partial charge < -0.3 is 15.1 Å². The Morgan fingerprint density at radius 3 is 2.67 bits per heavy atom. The Hall–Kier alpha value is -2.39. The first-order valence-corrected chi connectivity index (χ1v) is 11.7. The number of fused-ring (bicyclic) bond motifs is 1. The molecule has 0 bridgehead atoms. The highest BCUT2D eigenvalue weighted by molar-refractivity contribution is 5.94. The summed E-state index contributed by atoms with van der Waals surface area (Å²) in [5.74, 6) is -0.00673. The summed E-state index contributed by atoms with van der Waals surface area (Å²) in [6, 6.07) is 5.53. The minimum absolute atomic E-state index is 0.00673. The van der Waals surface area contributed by atoms with Crippen molar-refractivity contribution >= 4 is 5.91 Å². The molecule has 2 aromatic rings. The lowest BCUT2D eigenvalue weighted by atomic mass is 9.90. The number of piperazine rings is 1. The van der Waals surface area contributed by atoms with E-state index in [1.807, 2.05) is 9.58 Å². The van der Waals surface area contributed by atoms with Crippen molar-refractivity contribution < 1.29 is 18.0 Å². The molecule has 1 N–H and O–H groups in total. The van der Waals surface area contributed by atoms with E-state index in [2.05, 4.69) is 24.2 Å². The average molecular weight is 464 g/mol. The Balaban J connectivity index is 1.48. The molecule has 180 valence electrons. The fourth-order valence-corrected chi connectivity index (χ4v) is 4.71. The molecule has 0 radical (unpaired) electrons. The number of hydrogen-bond donors (Lipinski definition) is 1. The Morgan fingerprint density at radius 1 is 1.21 bits per heavy atom. The van der Waals surface area contributed by atoms with Crippen LogP contribution in [0.4, 0.5) is 13.2 Å². The molecule has 1 aliphatic carbocycles. The Kier molecular flexibility index (Phi) is 7.09. The van der Waals surface area contributed by atoms with Gasteiger partial charge in [-0.05, 0) is 44.4 Å². The lowest BCUT2D eigenvalue weighted by Gasteiger charge is -2.32. The summed E-state index contributed by atoms with van der Waals surface area (Å²) in [7, 11) is 2.06. The molecule has 6 nitrogen and oxygen atoms in total. The number of carbonyl (C=O) groups excluding carboxylic acids is 1. The van der Waals surface area contributed by atoms with Crippen molar-refractivity contribution in [3.63, 3.8) is 0 Å². The maximum absolute atomic E-state index is 13.3. The zero-order valence-corrected chi connectivity index (χ0v) is 19.3. The van der Waals surface area contributed by atoms with Gasteiger partial charge in [-0.2, -0.15) is 18.3 Å². The summed E-state index contributed by atoms with van der Waals surface area (Å²) in [5, 5.41) is 8.14. The summed E-state index contributed by atoms with van der Waals surface area (Å²) in [4.78, 5) is 17.4. The highest BCUT2D eigenvalue weighted by Gasteiger charge is 2.32. The van der Waals surface area contributed by atoms with Gasteiger partial charge in [0.05, 0.1) is 5.56 Å². The van der Waals surface area contributed by atoms with Crippen molar-refractivity contribution in [1.29, 1.82) is 0 Å². The molecule has 1 atom stereocenters. The van der Waals surface area contributed by atoms with Crippen LogP contribution in [0, 0.1) is 0 Å². The molecule has 1 amide bonds. The van der Waals surface area contributed by atoms with Crippen molar-refractivity contribution in [3.8, 4) is 0 Å². The number of aromatic nitrogens is 2. The van der Waals surface area contributed by atoms with Crippen LogP contribution in [0.5, 0.6) is 0 Å². The molecule has 1 aromatic carbocycles. The SMILES string of the molecule is CCCn1nc(C(=O)N2CCN(C)CC2)c2c1CCC(NCc1cccc(C(F)(F)F)c1)C2. The standard InChI is InChI=1S/C24H32F3N5O/c1-3-9-32-21-8-7-19(28-16-17-5-4-6-18(14-17)24(25,26)27)15-20(21)22(29-32)23(33)31-12-10-30(2)11-13-31/h4-6,14,19,28H,3,7-13,15-16H2,1-2H3. The first-order valence-electron chi connectivity index (χ1n) is 11.7. The van der Waals surface area contributed by atoms with E-state index in [0.29, 0.717) is 37.3 Å². The number of alkyl halides is 3. The summed E-state index contributed by atoms with van der Waals surface area (Å²) in [5.41, 5.74) is 2.65. The molecule has 2 heterocycles. The van der Waals surface area contributed by atoms with Crippen LogP contribution < -0.4 is 5.32 Å². The molecule has 1 unspecified atom stereocenters. The van der Waals surface area contributed by atoms with E-state index in [1.54, 1.807) is 6.07 Å². The van der Waals surface area contributed by atoms with Crippen molar-refractivity contribution in [1.82, 2.24) is 24.9 Å². The number of carbonyl (C=O) groups is 1. The number of halogens is 3. The maximum atomic E-state index is 13.3. The zero-order valence-electron chi connectivity index (χ0n) is 19.3. The van der Waals surface area contributed by atoms with Crippen LogP contribution in [0.25, 0.3) is 0 Å². The molecule has 33 heavy (non-hydrogen) atoms. The van der Waals surface area contributed by atoms with Gasteiger partial charge in [-0.25, -0.2) is 0 Å². The zero-order chi connectivity index (χ0) is 23.6. The third-order valence-corrected chi connectivity index (χ3v) is 6.62. The van der Waals surface area contributed by atoms with Crippen LogP contribution in [0.2, 0.25) is 0 Å². The fourth-order valence-electron chi connectivity index (χ4n) is 4.71. The van der Waals surface area contributed by atoms with Gasteiger partial charge in [-0.15, -0.1) is 0 Å². The molecule has 1 saturated heterocycles. The van der Waals surface area contributed by atoms with Crippen LogP contribution in [0.3, 0.4) is 0 Å². The lowest BCUT2D eigenvalue weighted by Crippen LogP contribution is -2.47. The monoisotopic (exact) mass is 463 g/mol. The third kappa shape index (κ3) is 5.41. The first kappa shape index (κ1) is 23.8. The summed E-state index contributed by atoms with van der Waals surface area (Å²) < 4.78 is 41.0. The van der Waals surface area contributed by atoms with Crippen molar-refractivity contribution in [2.24, 2.45) is 0 Å². The van der Waals surface area contributed by atoms with E-state index < -0.39 is 11.7 Å². The number of hydrogen-bond acceptors (Lipinski definition) is 4. The number of aryl methyl sites for hydroxylation is 1.